The van der Waals surface area contributed by atoms with Crippen molar-refractivity contribution in [3.8, 4) is 0 Å². The highest BCUT2D eigenvalue weighted by Crippen LogP contribution is 2.52. The molecule has 0 N–H and O–H groups in total. The van der Waals surface area contributed by atoms with E-state index in [1.807, 2.05) is 0 Å². The zero-order valence-electron chi connectivity index (χ0n) is 31.4. The Hall–Kier alpha value is -1.06. The predicted octanol–water partition coefficient (Wildman–Crippen LogP) is 12.9. The molecule has 0 aliphatic heterocycles. The molecule has 0 saturated heterocycles. The Bertz CT molecular complexity index is 711. The monoisotopic (exact) mass is 647 g/mol. The van der Waals surface area contributed by atoms with Gasteiger partial charge >= 0.3 is 11.9 Å². The summed E-state index contributed by atoms with van der Waals surface area (Å²) in [5, 5.41) is 0. The first-order valence-corrected chi connectivity index (χ1v) is 20.7. The average Bonchev–Trinajstić information content (AvgIpc) is 3.04. The van der Waals surface area contributed by atoms with Gasteiger partial charge in [-0.25, -0.2) is 0 Å². The van der Waals surface area contributed by atoms with Crippen LogP contribution in [0.15, 0.2) is 0 Å². The number of rotatable bonds is 28. The largest absolute Gasteiger partial charge is 0.465 e. The molecule has 0 spiro atoms. The molecule has 4 nitrogen and oxygen atoms in total. The van der Waals surface area contributed by atoms with Gasteiger partial charge in [-0.15, -0.1) is 0 Å². The fourth-order valence-electron chi connectivity index (χ4n) is 8.35. The molecule has 2 aliphatic carbocycles. The lowest BCUT2D eigenvalue weighted by Gasteiger charge is -2.46. The summed E-state index contributed by atoms with van der Waals surface area (Å²) >= 11 is 0. The molecule has 2 aliphatic rings. The number of carbonyl (C=O) groups excluding carboxylic acids is 2. The van der Waals surface area contributed by atoms with Crippen molar-refractivity contribution in [2.24, 2.45) is 29.1 Å². The second-order valence-electron chi connectivity index (χ2n) is 16.2. The van der Waals surface area contributed by atoms with Gasteiger partial charge in [-0.1, -0.05) is 188 Å². The molecular weight excluding hydrogens is 568 g/mol. The molecule has 46 heavy (non-hydrogen) atoms. The highest BCUT2D eigenvalue weighted by Gasteiger charge is 2.58. The Kier molecular flexibility index (Phi) is 23.1. The molecule has 0 amide bonds. The summed E-state index contributed by atoms with van der Waals surface area (Å²) in [6.45, 7) is 10.2. The van der Waals surface area contributed by atoms with Crippen LogP contribution in [-0.2, 0) is 19.1 Å². The van der Waals surface area contributed by atoms with Gasteiger partial charge in [0, 0.05) is 0 Å². The van der Waals surface area contributed by atoms with Crippen LogP contribution in [0.2, 0.25) is 0 Å². The number of fused-ring (bicyclic) bond motifs is 1. The van der Waals surface area contributed by atoms with E-state index >= 15 is 0 Å². The number of hydrogen-bond donors (Lipinski definition) is 0. The minimum absolute atomic E-state index is 0.103. The second-order valence-corrected chi connectivity index (χ2v) is 16.2. The molecule has 0 heterocycles. The first-order valence-electron chi connectivity index (χ1n) is 20.7. The molecule has 0 aromatic heterocycles. The highest BCUT2D eigenvalue weighted by molar-refractivity contribution is 6.00. The van der Waals surface area contributed by atoms with Gasteiger partial charge in [-0.2, -0.15) is 0 Å². The maximum absolute atomic E-state index is 13.8. The fourth-order valence-corrected chi connectivity index (χ4v) is 8.35. The third-order valence-electron chi connectivity index (χ3n) is 11.2. The van der Waals surface area contributed by atoms with Crippen LogP contribution in [0.3, 0.4) is 0 Å². The van der Waals surface area contributed by atoms with Crippen molar-refractivity contribution in [3.63, 3.8) is 0 Å². The Morgan fingerprint density at radius 2 is 0.848 bits per heavy atom. The number of ether oxygens (including phenoxy) is 2. The van der Waals surface area contributed by atoms with Crippen molar-refractivity contribution >= 4 is 11.9 Å². The standard InChI is InChI=1S/C42H78O4/c1-36(2)28-21-17-13-9-5-7-11-15-19-25-34-45-40(43)42(33-27-31-38-30-23-24-32-39(38)42)41(44)46-35-26-20-16-12-8-6-10-14-18-22-29-37(3)4/h36-39H,5-35H2,1-4H3. The number of carbonyl (C=O) groups is 2. The van der Waals surface area contributed by atoms with E-state index in [9.17, 15) is 9.59 Å². The highest BCUT2D eigenvalue weighted by atomic mass is 16.6. The van der Waals surface area contributed by atoms with Crippen LogP contribution in [0.5, 0.6) is 0 Å². The topological polar surface area (TPSA) is 52.6 Å². The summed E-state index contributed by atoms with van der Waals surface area (Å²) in [6.07, 6.45) is 35.2. The molecule has 0 aromatic rings. The van der Waals surface area contributed by atoms with E-state index < -0.39 is 5.41 Å². The lowest BCUT2D eigenvalue weighted by molar-refractivity contribution is -0.184. The SMILES string of the molecule is CC(C)CCCCCCCCCCCCOC(=O)C1(C(=O)OCCCCCCCCCCCCC(C)C)CCCC2CCCCC21. The van der Waals surface area contributed by atoms with Crippen molar-refractivity contribution in [2.45, 2.75) is 214 Å². The van der Waals surface area contributed by atoms with Gasteiger partial charge in [-0.3, -0.25) is 9.59 Å². The van der Waals surface area contributed by atoms with Gasteiger partial charge < -0.3 is 9.47 Å². The molecule has 270 valence electrons. The first-order chi connectivity index (χ1) is 22.4. The molecule has 2 unspecified atom stereocenters. The summed E-state index contributed by atoms with van der Waals surface area (Å²) in [5.41, 5.74) is -1.06. The Morgan fingerprint density at radius 1 is 0.500 bits per heavy atom. The molecule has 2 fully saturated rings. The summed E-state index contributed by atoms with van der Waals surface area (Å²) in [6, 6.07) is 0. The van der Waals surface area contributed by atoms with Crippen LogP contribution in [0.25, 0.3) is 0 Å². The lowest BCUT2D eigenvalue weighted by atomic mass is 9.57. The maximum atomic E-state index is 13.8. The molecule has 4 heteroatoms. The molecular formula is C42H78O4. The van der Waals surface area contributed by atoms with Crippen molar-refractivity contribution in [1.29, 1.82) is 0 Å². The Balaban J connectivity index is 1.63. The van der Waals surface area contributed by atoms with E-state index in [1.54, 1.807) is 0 Å². The van der Waals surface area contributed by atoms with Gasteiger partial charge in [0.05, 0.1) is 13.2 Å². The van der Waals surface area contributed by atoms with Crippen LogP contribution < -0.4 is 0 Å². The van der Waals surface area contributed by atoms with E-state index in [1.165, 1.54) is 122 Å². The molecule has 0 bridgehead atoms. The van der Waals surface area contributed by atoms with Crippen LogP contribution >= 0.6 is 0 Å². The lowest BCUT2D eigenvalue weighted by Crippen LogP contribution is -2.53. The average molecular weight is 647 g/mol. The number of esters is 2. The van der Waals surface area contributed by atoms with Crippen LogP contribution in [0.4, 0.5) is 0 Å². The minimum atomic E-state index is -1.06. The predicted molar refractivity (Wildman–Crippen MR) is 195 cm³/mol. The third-order valence-corrected chi connectivity index (χ3v) is 11.2. The van der Waals surface area contributed by atoms with Gasteiger partial charge in [-0.05, 0) is 49.4 Å². The molecule has 0 radical (unpaired) electrons. The van der Waals surface area contributed by atoms with Gasteiger partial charge in [0.1, 0.15) is 0 Å². The zero-order valence-corrected chi connectivity index (χ0v) is 31.4. The molecule has 2 atom stereocenters. The number of hydrogen-bond acceptors (Lipinski definition) is 4. The second kappa shape index (κ2) is 25.9. The van der Waals surface area contributed by atoms with Crippen LogP contribution in [-0.4, -0.2) is 25.2 Å². The van der Waals surface area contributed by atoms with Crippen LogP contribution in [0, 0.1) is 29.1 Å². The summed E-state index contributed by atoms with van der Waals surface area (Å²) in [7, 11) is 0. The summed E-state index contributed by atoms with van der Waals surface area (Å²) < 4.78 is 11.9. The van der Waals surface area contributed by atoms with Crippen molar-refractivity contribution in [2.75, 3.05) is 13.2 Å². The fraction of sp³-hybridized carbons (Fsp3) is 0.952. The van der Waals surface area contributed by atoms with E-state index in [-0.39, 0.29) is 17.9 Å². The van der Waals surface area contributed by atoms with Gasteiger partial charge in [0.2, 0.25) is 0 Å². The van der Waals surface area contributed by atoms with Gasteiger partial charge in [0.15, 0.2) is 5.41 Å². The van der Waals surface area contributed by atoms with Crippen molar-refractivity contribution in [3.05, 3.63) is 0 Å². The third kappa shape index (κ3) is 16.9. The van der Waals surface area contributed by atoms with E-state index in [2.05, 4.69) is 27.7 Å². The van der Waals surface area contributed by atoms with E-state index in [4.69, 9.17) is 9.47 Å². The Morgan fingerprint density at radius 3 is 1.26 bits per heavy atom. The quantitative estimate of drug-likeness (QED) is 0.0482. The summed E-state index contributed by atoms with van der Waals surface area (Å²) in [4.78, 5) is 27.5. The van der Waals surface area contributed by atoms with E-state index in [0.29, 0.717) is 25.6 Å². The smallest absolute Gasteiger partial charge is 0.323 e. The van der Waals surface area contributed by atoms with Crippen molar-refractivity contribution in [1.82, 2.24) is 0 Å². The first kappa shape index (κ1) is 41.1. The Labute approximate surface area is 286 Å². The minimum Gasteiger partial charge on any atom is -0.465 e. The van der Waals surface area contributed by atoms with Gasteiger partial charge in [0.25, 0.3) is 0 Å². The number of unbranched alkanes of at least 4 members (excludes halogenated alkanes) is 18. The van der Waals surface area contributed by atoms with Crippen molar-refractivity contribution < 1.29 is 19.1 Å². The maximum Gasteiger partial charge on any atom is 0.323 e. The van der Waals surface area contributed by atoms with Crippen LogP contribution in [0.1, 0.15) is 214 Å². The molecule has 2 rings (SSSR count). The molecule has 0 aromatic carbocycles. The molecule has 2 saturated carbocycles. The van der Waals surface area contributed by atoms with E-state index in [0.717, 1.165) is 69.6 Å². The zero-order chi connectivity index (χ0) is 33.3. The normalized spacial score (nSPS) is 19.3. The summed E-state index contributed by atoms with van der Waals surface area (Å²) in [5.74, 6) is 1.71.